The van der Waals surface area contributed by atoms with Gasteiger partial charge in [0.05, 0.1) is 5.69 Å². The molecule has 2 atom stereocenters. The second-order valence-electron chi connectivity index (χ2n) is 4.07. The summed E-state index contributed by atoms with van der Waals surface area (Å²) in [5.41, 5.74) is 1.10. The average Bonchev–Trinajstić information content (AvgIpc) is 2.89. The van der Waals surface area contributed by atoms with Gasteiger partial charge in [-0.2, -0.15) is 4.98 Å². The molecule has 2 aromatic rings. The Hall–Kier alpha value is -1.42. The summed E-state index contributed by atoms with van der Waals surface area (Å²) in [5.74, 6) is 0. The number of nitrogens with zero attached hydrogens (tertiary/aromatic N) is 3. The predicted octanol–water partition coefficient (Wildman–Crippen LogP) is 3.01. The monoisotopic (exact) mass is 251 g/mol. The van der Waals surface area contributed by atoms with Gasteiger partial charge in [0.2, 0.25) is 5.28 Å². The summed E-state index contributed by atoms with van der Waals surface area (Å²) in [6, 6.07) is 1.67. The molecule has 0 spiro atoms. The van der Waals surface area contributed by atoms with Crippen molar-refractivity contribution in [3.63, 3.8) is 0 Å². The molecule has 0 amide bonds. The van der Waals surface area contributed by atoms with Crippen LogP contribution >= 0.6 is 11.6 Å². The van der Waals surface area contributed by atoms with Crippen LogP contribution in [0, 0.1) is 0 Å². The molecule has 2 aromatic heterocycles. The van der Waals surface area contributed by atoms with E-state index < -0.39 is 12.8 Å². The van der Waals surface area contributed by atoms with E-state index in [9.17, 15) is 4.79 Å². The van der Waals surface area contributed by atoms with Crippen LogP contribution in [-0.4, -0.2) is 20.8 Å². The topological polar surface area (TPSA) is 47.8 Å². The Morgan fingerprint density at radius 2 is 2.29 bits per heavy atom. The summed E-state index contributed by atoms with van der Waals surface area (Å²) < 4.78 is 17.4. The molecule has 1 aliphatic rings. The number of carbonyl (C=O) groups excluding carboxylic acids is 1. The normalized spacial score (nSPS) is 30.3. The van der Waals surface area contributed by atoms with Gasteiger partial charge in [0.25, 0.3) is 0 Å². The van der Waals surface area contributed by atoms with Crippen molar-refractivity contribution in [3.05, 3.63) is 23.2 Å². The number of aromatic nitrogens is 3. The van der Waals surface area contributed by atoms with Gasteiger partial charge in [-0.1, -0.05) is 12.8 Å². The highest BCUT2D eigenvalue weighted by Gasteiger charge is 2.22. The van der Waals surface area contributed by atoms with Crippen LogP contribution < -0.4 is 0 Å². The van der Waals surface area contributed by atoms with E-state index in [0.717, 1.165) is 11.7 Å². The Kier molecular flexibility index (Phi) is 2.09. The molecule has 0 bridgehead atoms. The molecule has 17 heavy (non-hydrogen) atoms. The maximum Gasteiger partial charge on any atom is 0.224 e. The van der Waals surface area contributed by atoms with E-state index in [1.807, 2.05) is 0 Å². The number of fused-ring (bicyclic) bond motifs is 1. The fourth-order valence-corrected chi connectivity index (χ4v) is 2.42. The minimum absolute atomic E-state index is 0.0475. The van der Waals surface area contributed by atoms with Gasteiger partial charge < -0.3 is 4.57 Å². The van der Waals surface area contributed by atoms with Crippen molar-refractivity contribution >= 4 is 28.9 Å². The molecule has 0 radical (unpaired) electrons. The molecule has 4 nitrogen and oxygen atoms in total. The number of aldehydes is 1. The molecule has 2 heterocycles. The van der Waals surface area contributed by atoms with E-state index >= 15 is 0 Å². The summed E-state index contributed by atoms with van der Waals surface area (Å²) in [5, 5.41) is 0.883. The Balaban J connectivity index is 2.15. The Labute approximate surface area is 106 Å². The Morgan fingerprint density at radius 3 is 3.00 bits per heavy atom. The maximum absolute atomic E-state index is 11.2. The molecular formula is C12H12ClN3O. The third kappa shape index (κ3) is 1.72. The number of hydrogen-bond acceptors (Lipinski definition) is 3. The molecule has 5 heteroatoms. The van der Waals surface area contributed by atoms with E-state index in [4.69, 9.17) is 14.3 Å². The predicted molar refractivity (Wildman–Crippen MR) is 65.4 cm³/mol. The molecule has 2 unspecified atom stereocenters. The van der Waals surface area contributed by atoms with Crippen LogP contribution in [0.2, 0.25) is 5.28 Å². The first-order chi connectivity index (χ1) is 9.10. The van der Waals surface area contributed by atoms with Gasteiger partial charge in [-0.3, -0.25) is 4.79 Å². The number of rotatable bonds is 2. The van der Waals surface area contributed by atoms with E-state index in [1.54, 1.807) is 16.8 Å². The minimum Gasteiger partial charge on any atom is -0.320 e. The van der Waals surface area contributed by atoms with Crippen molar-refractivity contribution in [3.8, 4) is 0 Å². The van der Waals surface area contributed by atoms with Crippen molar-refractivity contribution in [1.29, 1.82) is 0 Å². The Morgan fingerprint density at radius 1 is 1.53 bits per heavy atom. The molecule has 0 N–H and O–H groups in total. The summed E-state index contributed by atoms with van der Waals surface area (Å²) >= 11 is 5.81. The highest BCUT2D eigenvalue weighted by atomic mass is 35.5. The van der Waals surface area contributed by atoms with E-state index in [0.29, 0.717) is 24.2 Å². The zero-order chi connectivity index (χ0) is 13.6. The standard InChI is InChI=1S/C12H12ClN3O/c13-12-14-6-8-5-10(7-17)16(11(8)15-12)9-3-1-2-4-9/h5-7,9H,1-4H2/i1D,2D. The van der Waals surface area contributed by atoms with Gasteiger partial charge in [0.15, 0.2) is 6.29 Å². The molecule has 1 fully saturated rings. The van der Waals surface area contributed by atoms with Crippen LogP contribution in [0.3, 0.4) is 0 Å². The first-order valence-electron chi connectivity index (χ1n) is 6.58. The third-order valence-corrected chi connectivity index (χ3v) is 3.23. The van der Waals surface area contributed by atoms with Crippen LogP contribution in [0.5, 0.6) is 0 Å². The van der Waals surface area contributed by atoms with E-state index in [2.05, 4.69) is 9.97 Å². The summed E-state index contributed by atoms with van der Waals surface area (Å²) in [4.78, 5) is 19.3. The van der Waals surface area contributed by atoms with Crippen LogP contribution in [0.1, 0.15) is 44.9 Å². The molecule has 3 rings (SSSR count). The van der Waals surface area contributed by atoms with Crippen LogP contribution in [0.4, 0.5) is 0 Å². The molecular weight excluding hydrogens is 238 g/mol. The SMILES string of the molecule is [2H]C1CC(n2c(C=O)cc3cnc(Cl)nc32)CC1[2H]. The highest BCUT2D eigenvalue weighted by Crippen LogP contribution is 2.33. The quantitative estimate of drug-likeness (QED) is 0.609. The molecule has 88 valence electrons. The van der Waals surface area contributed by atoms with Gasteiger partial charge >= 0.3 is 0 Å². The average molecular weight is 252 g/mol. The van der Waals surface area contributed by atoms with Gasteiger partial charge in [-0.05, 0) is 30.5 Å². The molecule has 0 aromatic carbocycles. The lowest BCUT2D eigenvalue weighted by Crippen LogP contribution is -2.08. The van der Waals surface area contributed by atoms with Crippen molar-refractivity contribution < 1.29 is 7.54 Å². The summed E-state index contributed by atoms with van der Waals surface area (Å²) in [7, 11) is 0. The van der Waals surface area contributed by atoms with Gasteiger partial charge in [-0.25, -0.2) is 4.98 Å². The lowest BCUT2D eigenvalue weighted by atomic mass is 10.2. The van der Waals surface area contributed by atoms with Crippen molar-refractivity contribution in [2.45, 2.75) is 31.7 Å². The minimum atomic E-state index is -0.417. The zero-order valence-corrected chi connectivity index (χ0v) is 9.76. The molecule has 0 aliphatic heterocycles. The highest BCUT2D eigenvalue weighted by molar-refractivity contribution is 6.28. The van der Waals surface area contributed by atoms with Gasteiger partial charge in [-0.15, -0.1) is 0 Å². The number of halogens is 1. The lowest BCUT2D eigenvalue weighted by molar-refractivity contribution is 0.111. The largest absolute Gasteiger partial charge is 0.320 e. The lowest BCUT2D eigenvalue weighted by Gasteiger charge is -2.14. The van der Waals surface area contributed by atoms with Crippen LogP contribution in [0.25, 0.3) is 11.0 Å². The van der Waals surface area contributed by atoms with Crippen LogP contribution in [0.15, 0.2) is 12.3 Å². The summed E-state index contributed by atoms with van der Waals surface area (Å²) in [6.45, 7) is 0. The second kappa shape index (κ2) is 4.11. The van der Waals surface area contributed by atoms with Crippen LogP contribution in [-0.2, 0) is 0 Å². The Bertz CT molecular complexity index is 635. The fourth-order valence-electron chi connectivity index (χ4n) is 2.30. The molecule has 0 saturated heterocycles. The van der Waals surface area contributed by atoms with Crippen molar-refractivity contribution in [1.82, 2.24) is 14.5 Å². The van der Waals surface area contributed by atoms with Gasteiger partial charge in [0, 0.05) is 20.4 Å². The number of hydrogen-bond donors (Lipinski definition) is 0. The number of carbonyl (C=O) groups is 1. The summed E-state index contributed by atoms with van der Waals surface area (Å²) in [6.07, 6.45) is 2.63. The van der Waals surface area contributed by atoms with Crippen molar-refractivity contribution in [2.75, 3.05) is 0 Å². The van der Waals surface area contributed by atoms with E-state index in [1.165, 1.54) is 0 Å². The fraction of sp³-hybridized carbons (Fsp3) is 0.417. The molecule has 1 saturated carbocycles. The smallest absolute Gasteiger partial charge is 0.224 e. The second-order valence-corrected chi connectivity index (χ2v) is 4.41. The first-order valence-corrected chi connectivity index (χ1v) is 5.81. The maximum atomic E-state index is 11.2. The van der Waals surface area contributed by atoms with E-state index in [-0.39, 0.29) is 11.3 Å². The zero-order valence-electron chi connectivity index (χ0n) is 11.0. The third-order valence-electron chi connectivity index (χ3n) is 3.05. The van der Waals surface area contributed by atoms with Gasteiger partial charge in [0.1, 0.15) is 5.65 Å². The van der Waals surface area contributed by atoms with Crippen molar-refractivity contribution in [2.24, 2.45) is 0 Å². The molecule has 1 aliphatic carbocycles. The first kappa shape index (κ1) is 8.64.